The highest BCUT2D eigenvalue weighted by Gasteiger charge is 2.28. The molecule has 2 amide bonds. The molecule has 8 heteroatoms. The molecule has 1 saturated heterocycles. The Labute approximate surface area is 127 Å². The zero-order valence-electron chi connectivity index (χ0n) is 12.3. The molecule has 22 heavy (non-hydrogen) atoms. The Morgan fingerprint density at radius 2 is 2.36 bits per heavy atom. The molecule has 116 valence electrons. The average Bonchev–Trinajstić information content (AvgIpc) is 3.15. The minimum atomic E-state index is -0.190. The van der Waals surface area contributed by atoms with Crippen LogP contribution >= 0.6 is 0 Å². The number of aliphatic hydroxyl groups excluding tert-OH is 1. The quantitative estimate of drug-likeness (QED) is 0.877. The highest BCUT2D eigenvalue weighted by Crippen LogP contribution is 2.22. The Bertz CT molecular complexity index is 671. The smallest absolute Gasteiger partial charge is 0.322 e. The number of aliphatic hydroxyl groups is 1. The van der Waals surface area contributed by atoms with Gasteiger partial charge in [0.1, 0.15) is 0 Å². The lowest BCUT2D eigenvalue weighted by Gasteiger charge is -2.23. The fraction of sp³-hybridized carbons (Fsp3) is 0.429. The maximum absolute atomic E-state index is 12.3. The topological polar surface area (TPSA) is 96.2 Å². The maximum atomic E-state index is 12.3. The van der Waals surface area contributed by atoms with Crippen LogP contribution in [0.15, 0.2) is 24.3 Å². The van der Waals surface area contributed by atoms with E-state index in [2.05, 4.69) is 20.8 Å². The van der Waals surface area contributed by atoms with Crippen molar-refractivity contribution in [2.24, 2.45) is 7.05 Å². The van der Waals surface area contributed by atoms with Gasteiger partial charge < -0.3 is 15.3 Å². The van der Waals surface area contributed by atoms with Crippen molar-refractivity contribution in [3.63, 3.8) is 0 Å². The molecule has 8 nitrogen and oxygen atoms in total. The molecule has 0 saturated carbocycles. The third-order valence-corrected chi connectivity index (χ3v) is 3.84. The van der Waals surface area contributed by atoms with Crippen LogP contribution in [0.5, 0.6) is 0 Å². The van der Waals surface area contributed by atoms with Gasteiger partial charge >= 0.3 is 6.03 Å². The van der Waals surface area contributed by atoms with E-state index in [1.54, 1.807) is 16.6 Å². The number of nitrogens with one attached hydrogen (secondary N) is 1. The first-order valence-electron chi connectivity index (χ1n) is 7.20. The molecule has 0 aliphatic carbocycles. The highest BCUT2D eigenvalue weighted by atomic mass is 16.3. The van der Waals surface area contributed by atoms with Gasteiger partial charge in [-0.1, -0.05) is 12.1 Å². The highest BCUT2D eigenvalue weighted by molar-refractivity contribution is 5.90. The van der Waals surface area contributed by atoms with Crippen molar-refractivity contribution in [2.75, 3.05) is 18.5 Å². The van der Waals surface area contributed by atoms with Crippen molar-refractivity contribution in [2.45, 2.75) is 18.9 Å². The van der Waals surface area contributed by atoms with E-state index in [1.165, 1.54) is 0 Å². The van der Waals surface area contributed by atoms with Gasteiger partial charge in [-0.2, -0.15) is 0 Å². The lowest BCUT2D eigenvalue weighted by molar-refractivity contribution is 0.166. The number of aryl methyl sites for hydroxylation is 1. The van der Waals surface area contributed by atoms with Gasteiger partial charge in [-0.25, -0.2) is 9.48 Å². The summed E-state index contributed by atoms with van der Waals surface area (Å²) < 4.78 is 1.57. The van der Waals surface area contributed by atoms with E-state index in [0.717, 1.165) is 18.4 Å². The van der Waals surface area contributed by atoms with Gasteiger partial charge in [0, 0.05) is 24.8 Å². The normalized spacial score (nSPS) is 17.7. The molecule has 1 fully saturated rings. The van der Waals surface area contributed by atoms with Crippen LogP contribution in [0.2, 0.25) is 0 Å². The number of amides is 2. The maximum Gasteiger partial charge on any atom is 0.322 e. The van der Waals surface area contributed by atoms with Crippen LogP contribution in [0.1, 0.15) is 12.8 Å². The SMILES string of the molecule is Cn1nnnc1-c1cccc(NC(=O)N2CCC[C@@H]2CO)c1. The largest absolute Gasteiger partial charge is 0.394 e. The van der Waals surface area contributed by atoms with E-state index < -0.39 is 0 Å². The number of likely N-dealkylation sites (tertiary alicyclic amines) is 1. The predicted octanol–water partition coefficient (Wildman–Crippen LogP) is 0.866. The second-order valence-corrected chi connectivity index (χ2v) is 5.31. The number of carbonyl (C=O) groups excluding carboxylic acids is 1. The Kier molecular flexibility index (Phi) is 4.01. The third-order valence-electron chi connectivity index (χ3n) is 3.84. The Hall–Kier alpha value is -2.48. The molecule has 2 aromatic rings. The molecule has 1 aliphatic rings. The first-order valence-corrected chi connectivity index (χ1v) is 7.20. The van der Waals surface area contributed by atoms with Gasteiger partial charge in [-0.05, 0) is 35.4 Å². The van der Waals surface area contributed by atoms with E-state index in [0.29, 0.717) is 18.1 Å². The van der Waals surface area contributed by atoms with Crippen LogP contribution in [-0.4, -0.2) is 55.4 Å². The van der Waals surface area contributed by atoms with E-state index in [1.807, 2.05) is 24.3 Å². The second kappa shape index (κ2) is 6.10. The minimum Gasteiger partial charge on any atom is -0.394 e. The van der Waals surface area contributed by atoms with Crippen LogP contribution in [0.25, 0.3) is 11.4 Å². The molecule has 0 bridgehead atoms. The van der Waals surface area contributed by atoms with Gasteiger partial charge in [0.2, 0.25) is 0 Å². The summed E-state index contributed by atoms with van der Waals surface area (Å²) >= 11 is 0. The Morgan fingerprint density at radius 3 is 3.09 bits per heavy atom. The fourth-order valence-corrected chi connectivity index (χ4v) is 2.70. The van der Waals surface area contributed by atoms with E-state index in [4.69, 9.17) is 0 Å². The van der Waals surface area contributed by atoms with E-state index >= 15 is 0 Å². The second-order valence-electron chi connectivity index (χ2n) is 5.31. The van der Waals surface area contributed by atoms with Gasteiger partial charge in [-0.3, -0.25) is 0 Å². The number of tetrazole rings is 1. The Balaban J connectivity index is 1.76. The monoisotopic (exact) mass is 302 g/mol. The molecule has 0 unspecified atom stereocenters. The summed E-state index contributed by atoms with van der Waals surface area (Å²) in [5.41, 5.74) is 1.50. The van der Waals surface area contributed by atoms with Crippen molar-refractivity contribution in [1.29, 1.82) is 0 Å². The molecule has 1 aromatic carbocycles. The van der Waals surface area contributed by atoms with E-state index in [9.17, 15) is 9.90 Å². The minimum absolute atomic E-state index is 0.00192. The van der Waals surface area contributed by atoms with Crippen molar-refractivity contribution in [1.82, 2.24) is 25.1 Å². The van der Waals surface area contributed by atoms with Crippen molar-refractivity contribution < 1.29 is 9.90 Å². The molecule has 2 heterocycles. The van der Waals surface area contributed by atoms with Gasteiger partial charge in [0.25, 0.3) is 0 Å². The average molecular weight is 302 g/mol. The number of hydrogen-bond acceptors (Lipinski definition) is 5. The molecular weight excluding hydrogens is 284 g/mol. The summed E-state index contributed by atoms with van der Waals surface area (Å²) in [5, 5.41) is 23.5. The summed E-state index contributed by atoms with van der Waals surface area (Å²) in [6.45, 7) is 0.669. The van der Waals surface area contributed by atoms with Crippen molar-refractivity contribution >= 4 is 11.7 Å². The summed E-state index contributed by atoms with van der Waals surface area (Å²) in [6, 6.07) is 7.08. The predicted molar refractivity (Wildman–Crippen MR) is 80.1 cm³/mol. The number of rotatable bonds is 3. The fourth-order valence-electron chi connectivity index (χ4n) is 2.70. The summed E-state index contributed by atoms with van der Waals surface area (Å²) in [6.07, 6.45) is 1.76. The molecular formula is C14H18N6O2. The van der Waals surface area contributed by atoms with Crippen LogP contribution in [0.4, 0.5) is 10.5 Å². The van der Waals surface area contributed by atoms with Crippen LogP contribution in [0.3, 0.4) is 0 Å². The first kappa shape index (κ1) is 14.5. The standard InChI is InChI=1S/C14H18N6O2/c1-19-13(16-17-18-19)10-4-2-5-11(8-10)15-14(22)20-7-3-6-12(20)9-21/h2,4-5,8,12,21H,3,6-7,9H2,1H3,(H,15,22)/t12-/m1/s1. The van der Waals surface area contributed by atoms with Crippen LogP contribution < -0.4 is 5.32 Å². The first-order chi connectivity index (χ1) is 10.7. The van der Waals surface area contributed by atoms with Gasteiger partial charge in [0.05, 0.1) is 12.6 Å². The molecule has 1 atom stereocenters. The zero-order valence-corrected chi connectivity index (χ0v) is 12.3. The summed E-state index contributed by atoms with van der Waals surface area (Å²) in [5.74, 6) is 0.630. The third kappa shape index (κ3) is 2.77. The lowest BCUT2D eigenvalue weighted by atomic mass is 10.2. The zero-order chi connectivity index (χ0) is 15.5. The van der Waals surface area contributed by atoms with E-state index in [-0.39, 0.29) is 18.7 Å². The summed E-state index contributed by atoms with van der Waals surface area (Å²) in [7, 11) is 1.76. The molecule has 3 rings (SSSR count). The lowest BCUT2D eigenvalue weighted by Crippen LogP contribution is -2.40. The molecule has 1 aliphatic heterocycles. The van der Waals surface area contributed by atoms with Gasteiger partial charge in [0.15, 0.2) is 5.82 Å². The number of nitrogens with zero attached hydrogens (tertiary/aromatic N) is 5. The Morgan fingerprint density at radius 1 is 1.50 bits per heavy atom. The molecule has 0 radical (unpaired) electrons. The molecule has 0 spiro atoms. The number of hydrogen-bond donors (Lipinski definition) is 2. The van der Waals surface area contributed by atoms with Gasteiger partial charge in [-0.15, -0.1) is 5.10 Å². The number of carbonyl (C=O) groups is 1. The number of aromatic nitrogens is 4. The van der Waals surface area contributed by atoms with Crippen LogP contribution in [0, 0.1) is 0 Å². The van der Waals surface area contributed by atoms with Crippen molar-refractivity contribution in [3.8, 4) is 11.4 Å². The van der Waals surface area contributed by atoms with Crippen LogP contribution in [-0.2, 0) is 7.05 Å². The molecule has 1 aromatic heterocycles. The van der Waals surface area contributed by atoms with Crippen molar-refractivity contribution in [3.05, 3.63) is 24.3 Å². The number of anilines is 1. The number of benzene rings is 1. The molecule has 2 N–H and O–H groups in total. The summed E-state index contributed by atoms with van der Waals surface area (Å²) in [4.78, 5) is 14.0. The number of urea groups is 1.